The number of likely N-dealkylation sites (N-methyl/N-ethyl adjacent to an activating group) is 1. The Morgan fingerprint density at radius 3 is 2.33 bits per heavy atom. The first kappa shape index (κ1) is 38.8. The van der Waals surface area contributed by atoms with Crippen molar-refractivity contribution in [3.05, 3.63) is 64.5 Å². The van der Waals surface area contributed by atoms with Gasteiger partial charge >= 0.3 is 5.92 Å². The number of halogens is 3. The Hall–Kier alpha value is -4.42. The minimum Gasteiger partial charge on any atom is -0.481 e. The molecule has 1 aliphatic carbocycles. The number of hydrogen-bond acceptors (Lipinski definition) is 10. The van der Waals surface area contributed by atoms with E-state index in [-0.39, 0.29) is 27.9 Å². The fourth-order valence-electron chi connectivity index (χ4n) is 6.33. The van der Waals surface area contributed by atoms with Crippen molar-refractivity contribution in [2.45, 2.75) is 68.9 Å². The number of carbonyl (C=O) groups is 4. The van der Waals surface area contributed by atoms with Gasteiger partial charge in [0.05, 0.1) is 19.0 Å². The predicted octanol–water partition coefficient (Wildman–Crippen LogP) is 4.49. The zero-order valence-corrected chi connectivity index (χ0v) is 31.0. The van der Waals surface area contributed by atoms with Crippen LogP contribution in [0, 0.1) is 5.82 Å². The van der Waals surface area contributed by atoms with E-state index in [2.05, 4.69) is 35.1 Å². The van der Waals surface area contributed by atoms with Gasteiger partial charge in [0.1, 0.15) is 16.7 Å². The smallest absolute Gasteiger partial charge is 0.350 e. The van der Waals surface area contributed by atoms with E-state index >= 15 is 13.2 Å². The zero-order chi connectivity index (χ0) is 37.4. The summed E-state index contributed by atoms with van der Waals surface area (Å²) in [4.78, 5) is 63.8. The van der Waals surface area contributed by atoms with Crippen molar-refractivity contribution in [1.29, 1.82) is 0 Å². The lowest BCUT2D eigenvalue weighted by molar-refractivity contribution is -0.145. The Balaban J connectivity index is 1.35. The molecule has 1 radical (unpaired) electrons. The van der Waals surface area contributed by atoms with Gasteiger partial charge in [-0.15, -0.1) is 5.10 Å². The molecule has 2 aliphatic rings. The van der Waals surface area contributed by atoms with Crippen LogP contribution in [-0.2, 0) is 15.5 Å². The van der Waals surface area contributed by atoms with Gasteiger partial charge in [-0.05, 0) is 47.9 Å². The number of anilines is 1. The topological polar surface area (TPSA) is 159 Å². The number of aromatic nitrogens is 3. The average molecular weight is 760 g/mol. The van der Waals surface area contributed by atoms with E-state index in [0.29, 0.717) is 44.6 Å². The van der Waals surface area contributed by atoms with Crippen LogP contribution in [0.4, 0.5) is 23.7 Å². The molecule has 2 fully saturated rings. The van der Waals surface area contributed by atoms with Crippen molar-refractivity contribution in [2.75, 3.05) is 45.7 Å². The minimum absolute atomic E-state index is 0.0976. The summed E-state index contributed by atoms with van der Waals surface area (Å²) in [7, 11) is 0.572. The highest BCUT2D eigenvalue weighted by Crippen LogP contribution is 2.33. The van der Waals surface area contributed by atoms with Crippen LogP contribution in [0.2, 0.25) is 5.54 Å². The quantitative estimate of drug-likeness (QED) is 0.179. The van der Waals surface area contributed by atoms with E-state index in [1.54, 1.807) is 11.8 Å². The fourth-order valence-corrected chi connectivity index (χ4v) is 9.10. The molecule has 1 aliphatic heterocycles. The van der Waals surface area contributed by atoms with Crippen LogP contribution in [0.3, 0.4) is 0 Å². The number of nitrogens with zero attached hydrogens (tertiary/aromatic N) is 5. The molecule has 5 rings (SSSR count). The number of ether oxygens (including phenoxy) is 1. The molecule has 279 valence electrons. The molecule has 13 nitrogen and oxygen atoms in total. The van der Waals surface area contributed by atoms with Gasteiger partial charge in [-0.25, -0.2) is 9.37 Å². The molecular weight excluding hydrogens is 718 g/mol. The van der Waals surface area contributed by atoms with Crippen molar-refractivity contribution in [3.8, 4) is 5.88 Å². The van der Waals surface area contributed by atoms with Gasteiger partial charge in [0.25, 0.3) is 20.8 Å². The second-order valence-electron chi connectivity index (χ2n) is 13.1. The first-order chi connectivity index (χ1) is 24.9. The lowest BCUT2D eigenvalue weighted by Crippen LogP contribution is -2.55. The number of alkyl halides is 2. The maximum Gasteiger partial charge on any atom is 0.350 e. The van der Waals surface area contributed by atoms with E-state index < -0.39 is 55.6 Å². The Morgan fingerprint density at radius 1 is 1.02 bits per heavy atom. The molecule has 3 N–H and O–H groups in total. The minimum atomic E-state index is -3.99. The first-order valence-electron chi connectivity index (χ1n) is 17.1. The SMILES string of the molecule is COc1ccc(C(F)(F)C(=O)N[Si](C(=O)Nc2ccc([C@H](C)[C@@H](NC(=O)c3cnns3)C(=O)N3CCN(C)CC3)cc2F)C2CCCCCC2)cn1. The number of piperazine rings is 1. The summed E-state index contributed by atoms with van der Waals surface area (Å²) in [5.41, 5.74) is -1.59. The van der Waals surface area contributed by atoms with Gasteiger partial charge in [-0.2, -0.15) is 8.78 Å². The molecule has 1 saturated heterocycles. The van der Waals surface area contributed by atoms with Crippen molar-refractivity contribution < 1.29 is 37.1 Å². The van der Waals surface area contributed by atoms with E-state index in [4.69, 9.17) is 4.74 Å². The second kappa shape index (κ2) is 17.4. The third-order valence-corrected chi connectivity index (χ3v) is 12.7. The highest BCUT2D eigenvalue weighted by atomic mass is 32.1. The lowest BCUT2D eigenvalue weighted by atomic mass is 9.91. The Morgan fingerprint density at radius 2 is 1.73 bits per heavy atom. The lowest BCUT2D eigenvalue weighted by Gasteiger charge is -2.36. The number of pyridine rings is 1. The van der Waals surface area contributed by atoms with Crippen LogP contribution < -0.4 is 20.4 Å². The second-order valence-corrected chi connectivity index (χ2v) is 16.2. The standard InChI is InChI=1S/C34H42F3N8O5SSi/c1-21(29(41-30(46)27-20-39-43-51-27)31(47)45-16-14-44(2)15-17-45)22-10-12-26(25(35)18-22)40-33(49)52(24-8-6-4-5-7-9-24)42-32(48)34(36,37)23-11-13-28(50-3)38-19-23/h10-13,18-21,24,29H,4-9,14-17H2,1-3H3,(H,40,49)(H,41,46)(H,42,48)/t21-,29+/m0/s1. The van der Waals surface area contributed by atoms with Gasteiger partial charge in [0.15, 0.2) is 0 Å². The van der Waals surface area contributed by atoms with Crippen LogP contribution in [0.1, 0.15) is 72.2 Å². The summed E-state index contributed by atoms with van der Waals surface area (Å²) in [5, 5.41) is 9.02. The molecule has 0 unspecified atom stereocenters. The highest BCUT2D eigenvalue weighted by Gasteiger charge is 2.45. The normalized spacial score (nSPS) is 17.2. The number of amides is 4. The number of rotatable bonds is 12. The maximum absolute atomic E-state index is 15.8. The maximum atomic E-state index is 15.8. The summed E-state index contributed by atoms with van der Waals surface area (Å²) < 4.78 is 55.1. The molecule has 1 aromatic carbocycles. The van der Waals surface area contributed by atoms with E-state index in [1.165, 1.54) is 37.6 Å². The van der Waals surface area contributed by atoms with Gasteiger partial charge in [0.2, 0.25) is 17.3 Å². The highest BCUT2D eigenvalue weighted by molar-refractivity contribution is 7.07. The molecule has 2 atom stereocenters. The van der Waals surface area contributed by atoms with E-state index in [1.807, 2.05) is 7.05 Å². The molecule has 4 amide bonds. The number of methoxy groups -OCH3 is 1. The molecule has 1 saturated carbocycles. The van der Waals surface area contributed by atoms with Crippen LogP contribution >= 0.6 is 11.5 Å². The Bertz CT molecular complexity index is 1710. The van der Waals surface area contributed by atoms with Gasteiger partial charge in [0, 0.05) is 49.9 Å². The predicted molar refractivity (Wildman–Crippen MR) is 189 cm³/mol. The van der Waals surface area contributed by atoms with Crippen LogP contribution in [0.5, 0.6) is 5.88 Å². The van der Waals surface area contributed by atoms with Crippen molar-refractivity contribution >= 4 is 49.4 Å². The number of nitrogens with one attached hydrogen (secondary N) is 3. The molecule has 2 aromatic heterocycles. The molecule has 3 heterocycles. The van der Waals surface area contributed by atoms with Crippen LogP contribution in [-0.4, -0.2) is 103 Å². The summed E-state index contributed by atoms with van der Waals surface area (Å²) in [6, 6.07) is 5.23. The fraction of sp³-hybridized carbons (Fsp3) is 0.500. The molecule has 52 heavy (non-hydrogen) atoms. The largest absolute Gasteiger partial charge is 0.481 e. The Labute approximate surface area is 305 Å². The van der Waals surface area contributed by atoms with E-state index in [9.17, 15) is 19.2 Å². The first-order valence-corrected chi connectivity index (χ1v) is 19.5. The summed E-state index contributed by atoms with van der Waals surface area (Å²) in [6.07, 6.45) is 6.64. The number of carbonyl (C=O) groups excluding carboxylic acids is 4. The molecule has 3 aromatic rings. The van der Waals surface area contributed by atoms with Crippen molar-refractivity contribution in [1.82, 2.24) is 34.7 Å². The summed E-state index contributed by atoms with van der Waals surface area (Å²) in [5.74, 6) is -7.92. The number of benzene rings is 1. The average Bonchev–Trinajstić information content (AvgIpc) is 3.56. The molecule has 0 spiro atoms. The van der Waals surface area contributed by atoms with E-state index in [0.717, 1.165) is 49.5 Å². The third-order valence-electron chi connectivity index (χ3n) is 9.57. The van der Waals surface area contributed by atoms with Gasteiger partial charge in [-0.3, -0.25) is 19.2 Å². The summed E-state index contributed by atoms with van der Waals surface area (Å²) in [6.45, 7) is 3.92. The Kier molecular flexibility index (Phi) is 13.0. The zero-order valence-electron chi connectivity index (χ0n) is 29.2. The molecule has 18 heteroatoms. The van der Waals surface area contributed by atoms with Gasteiger partial charge in [-0.1, -0.05) is 56.0 Å². The van der Waals surface area contributed by atoms with Crippen molar-refractivity contribution in [3.63, 3.8) is 0 Å². The molecular formula is C34H42F3N8O5SSi. The van der Waals surface area contributed by atoms with Crippen LogP contribution in [0.25, 0.3) is 0 Å². The van der Waals surface area contributed by atoms with Gasteiger partial charge < -0.3 is 30.2 Å². The number of hydrogen-bond donors (Lipinski definition) is 3. The third kappa shape index (κ3) is 9.32. The monoisotopic (exact) mass is 759 g/mol. The van der Waals surface area contributed by atoms with Crippen molar-refractivity contribution in [2.24, 2.45) is 0 Å². The molecule has 0 bridgehead atoms. The summed E-state index contributed by atoms with van der Waals surface area (Å²) >= 11 is 0.879. The van der Waals surface area contributed by atoms with Crippen LogP contribution in [0.15, 0.2) is 42.7 Å².